The molecule has 0 aliphatic carbocycles. The number of hydrogen-bond acceptors (Lipinski definition) is 0. The van der Waals surface area contributed by atoms with Crippen LogP contribution in [0, 0.1) is 18.6 Å². The molecule has 0 saturated carbocycles. The number of aryl methyl sites for hydroxylation is 3. The molecule has 23 heavy (non-hydrogen) atoms. The van der Waals surface area contributed by atoms with Crippen LogP contribution in [0.25, 0.3) is 22.6 Å². The summed E-state index contributed by atoms with van der Waals surface area (Å²) in [5.74, 6) is -0.415. The van der Waals surface area contributed by atoms with Crippen molar-refractivity contribution < 1.29 is 17.9 Å². The van der Waals surface area contributed by atoms with Crippen molar-refractivity contribution in [3.05, 3.63) is 60.1 Å². The maximum atomic E-state index is 14.6. The van der Waals surface area contributed by atoms with E-state index in [0.717, 1.165) is 6.07 Å². The molecule has 2 heterocycles. The van der Waals surface area contributed by atoms with Crippen molar-refractivity contribution in [2.45, 2.75) is 6.92 Å². The lowest BCUT2D eigenvalue weighted by atomic mass is 9.97. The second kappa shape index (κ2) is 5.57. The normalized spacial score (nSPS) is 11.0. The summed E-state index contributed by atoms with van der Waals surface area (Å²) in [5, 5.41) is 0. The molecular weight excluding hydrogens is 296 g/mol. The summed E-state index contributed by atoms with van der Waals surface area (Å²) >= 11 is 0. The minimum Gasteiger partial charge on any atom is -0.233 e. The fourth-order valence-corrected chi connectivity index (χ4v) is 3.05. The van der Waals surface area contributed by atoms with E-state index in [9.17, 15) is 8.78 Å². The molecule has 2 aromatic heterocycles. The summed E-state index contributed by atoms with van der Waals surface area (Å²) < 4.78 is 34.6. The van der Waals surface area contributed by atoms with Crippen molar-refractivity contribution in [1.29, 1.82) is 0 Å². The van der Waals surface area contributed by atoms with E-state index in [0.29, 0.717) is 28.2 Å². The molecule has 0 N–H and O–H groups in total. The Kier molecular flexibility index (Phi) is 3.72. The maximum absolute atomic E-state index is 14.6. The average molecular weight is 315 g/mol. The minimum atomic E-state index is -0.556. The fraction of sp³-hybridized carbons (Fsp3) is 0.222. The Morgan fingerprint density at radius 2 is 1.65 bits per heavy atom. The number of hydrogen-bond donors (Lipinski definition) is 0. The van der Waals surface area contributed by atoms with Crippen LogP contribution in [0.2, 0.25) is 0 Å². The summed E-state index contributed by atoms with van der Waals surface area (Å²) in [4.78, 5) is 0. The molecule has 3 nitrogen and oxygen atoms in total. The molecular formula is C18H19F2N3+2. The van der Waals surface area contributed by atoms with Crippen molar-refractivity contribution >= 4 is 0 Å². The van der Waals surface area contributed by atoms with Gasteiger partial charge < -0.3 is 0 Å². The van der Waals surface area contributed by atoms with Gasteiger partial charge in [0, 0.05) is 18.2 Å². The highest BCUT2D eigenvalue weighted by Gasteiger charge is 2.28. The Hall–Kier alpha value is -2.56. The van der Waals surface area contributed by atoms with Crippen LogP contribution in [0.4, 0.5) is 8.78 Å². The van der Waals surface area contributed by atoms with Gasteiger partial charge in [-0.15, -0.1) is 0 Å². The largest absolute Gasteiger partial charge is 0.291 e. The standard InChI is InChI=1S/C18H19F2N3/c1-12-16(15-7-5-6-8-21(15)2)13(19)11-14(20)17(12)18-22(3)9-10-23(18)4/h5-11H,1-4H3/q+2. The van der Waals surface area contributed by atoms with Crippen LogP contribution in [-0.2, 0) is 21.1 Å². The number of benzene rings is 1. The van der Waals surface area contributed by atoms with Gasteiger partial charge in [-0.25, -0.2) is 22.5 Å². The van der Waals surface area contributed by atoms with E-state index < -0.39 is 11.6 Å². The van der Waals surface area contributed by atoms with Gasteiger partial charge in [0.05, 0.1) is 19.7 Å². The Balaban J connectivity index is 2.37. The van der Waals surface area contributed by atoms with E-state index in [1.165, 1.54) is 0 Å². The zero-order chi connectivity index (χ0) is 16.7. The predicted octanol–water partition coefficient (Wildman–Crippen LogP) is 2.59. The monoisotopic (exact) mass is 315 g/mol. The van der Waals surface area contributed by atoms with Crippen molar-refractivity contribution in [1.82, 2.24) is 4.57 Å². The Labute approximate surface area is 134 Å². The Morgan fingerprint density at radius 1 is 0.957 bits per heavy atom. The zero-order valence-electron chi connectivity index (χ0n) is 13.6. The first-order valence-electron chi connectivity index (χ1n) is 7.36. The average Bonchev–Trinajstić information content (AvgIpc) is 2.81. The lowest BCUT2D eigenvalue weighted by Crippen LogP contribution is -2.31. The molecule has 0 aliphatic heterocycles. The van der Waals surface area contributed by atoms with Crippen molar-refractivity contribution in [3.63, 3.8) is 0 Å². The molecule has 118 valence electrons. The molecule has 3 rings (SSSR count). The first-order chi connectivity index (χ1) is 10.9. The van der Waals surface area contributed by atoms with Gasteiger partial charge in [-0.1, -0.05) is 0 Å². The quantitative estimate of drug-likeness (QED) is 0.645. The van der Waals surface area contributed by atoms with Gasteiger partial charge in [0.25, 0.3) is 5.82 Å². The lowest BCUT2D eigenvalue weighted by Gasteiger charge is -2.11. The number of nitrogens with zero attached hydrogens (tertiary/aromatic N) is 3. The highest BCUT2D eigenvalue weighted by Crippen LogP contribution is 2.33. The van der Waals surface area contributed by atoms with Crippen LogP contribution in [0.5, 0.6) is 0 Å². The predicted molar refractivity (Wildman–Crippen MR) is 83.3 cm³/mol. The van der Waals surface area contributed by atoms with Gasteiger partial charge in [-0.2, -0.15) is 0 Å². The number of halogens is 2. The fourth-order valence-electron chi connectivity index (χ4n) is 3.05. The molecule has 1 aromatic carbocycles. The molecule has 5 heteroatoms. The zero-order valence-corrected chi connectivity index (χ0v) is 13.6. The Bertz CT molecular complexity index is 878. The first kappa shape index (κ1) is 15.3. The highest BCUT2D eigenvalue weighted by molar-refractivity contribution is 5.73. The molecule has 0 saturated heterocycles. The van der Waals surface area contributed by atoms with Crippen molar-refractivity contribution in [3.8, 4) is 22.6 Å². The SMILES string of the molecule is Cc1c(-c2cccc[n+]2C)c(F)cc(F)c1-c1n(C)cc[n+]1C. The second-order valence-electron chi connectivity index (χ2n) is 5.76. The molecule has 0 aliphatic rings. The first-order valence-corrected chi connectivity index (χ1v) is 7.36. The lowest BCUT2D eigenvalue weighted by molar-refractivity contribution is -0.660. The smallest absolute Gasteiger partial charge is 0.233 e. The molecule has 0 atom stereocenters. The van der Waals surface area contributed by atoms with E-state index in [1.807, 2.05) is 71.6 Å². The van der Waals surface area contributed by atoms with Crippen LogP contribution in [0.15, 0.2) is 42.9 Å². The minimum absolute atomic E-state index is 0.417. The molecule has 0 fully saturated rings. The topological polar surface area (TPSA) is 12.7 Å². The van der Waals surface area contributed by atoms with E-state index in [1.54, 1.807) is 6.92 Å². The van der Waals surface area contributed by atoms with E-state index in [2.05, 4.69) is 0 Å². The molecule has 0 spiro atoms. The second-order valence-corrected chi connectivity index (χ2v) is 5.76. The van der Waals surface area contributed by atoms with Gasteiger partial charge in [-0.05, 0) is 18.6 Å². The third-order valence-electron chi connectivity index (χ3n) is 4.20. The van der Waals surface area contributed by atoms with Gasteiger partial charge in [0.1, 0.15) is 36.6 Å². The van der Waals surface area contributed by atoms with Crippen LogP contribution in [0.3, 0.4) is 0 Å². The molecule has 3 aromatic rings. The van der Waals surface area contributed by atoms with E-state index in [4.69, 9.17) is 0 Å². The summed E-state index contributed by atoms with van der Waals surface area (Å²) in [6.07, 6.45) is 5.54. The van der Waals surface area contributed by atoms with Crippen LogP contribution in [-0.4, -0.2) is 4.57 Å². The summed E-state index contributed by atoms with van der Waals surface area (Å²) in [6.45, 7) is 1.76. The van der Waals surface area contributed by atoms with E-state index in [-0.39, 0.29) is 0 Å². The van der Waals surface area contributed by atoms with E-state index >= 15 is 0 Å². The van der Waals surface area contributed by atoms with Crippen molar-refractivity contribution in [2.24, 2.45) is 21.1 Å². The third-order valence-corrected chi connectivity index (χ3v) is 4.20. The summed E-state index contributed by atoms with van der Waals surface area (Å²) in [7, 11) is 5.54. The van der Waals surface area contributed by atoms with Crippen LogP contribution in [0.1, 0.15) is 5.56 Å². The number of aromatic nitrogens is 3. The van der Waals surface area contributed by atoms with Crippen LogP contribution >= 0.6 is 0 Å². The highest BCUT2D eigenvalue weighted by atomic mass is 19.1. The van der Waals surface area contributed by atoms with Gasteiger partial charge in [0.2, 0.25) is 5.69 Å². The Morgan fingerprint density at radius 3 is 2.26 bits per heavy atom. The van der Waals surface area contributed by atoms with Gasteiger partial charge in [-0.3, -0.25) is 0 Å². The third kappa shape index (κ3) is 2.42. The maximum Gasteiger partial charge on any atom is 0.291 e. The summed E-state index contributed by atoms with van der Waals surface area (Å²) in [6, 6.07) is 6.52. The van der Waals surface area contributed by atoms with Crippen LogP contribution < -0.4 is 9.13 Å². The number of pyridine rings is 1. The molecule has 0 radical (unpaired) electrons. The summed E-state index contributed by atoms with van der Waals surface area (Å²) in [5.41, 5.74) is 2.13. The van der Waals surface area contributed by atoms with Crippen molar-refractivity contribution in [2.75, 3.05) is 0 Å². The molecule has 0 bridgehead atoms. The van der Waals surface area contributed by atoms with Gasteiger partial charge >= 0.3 is 0 Å². The molecule has 0 amide bonds. The number of rotatable bonds is 2. The number of imidazole rings is 1. The molecule has 0 unspecified atom stereocenters. The van der Waals surface area contributed by atoms with Gasteiger partial charge in [0.15, 0.2) is 6.20 Å².